The van der Waals surface area contributed by atoms with Crippen molar-refractivity contribution in [3.8, 4) is 5.75 Å². The summed E-state index contributed by atoms with van der Waals surface area (Å²) >= 11 is 0.686. The van der Waals surface area contributed by atoms with Crippen molar-refractivity contribution in [2.24, 2.45) is 0 Å². The van der Waals surface area contributed by atoms with Crippen LogP contribution in [-0.4, -0.2) is 28.9 Å². The van der Waals surface area contributed by atoms with E-state index in [4.69, 9.17) is 4.74 Å². The minimum Gasteiger partial charge on any atom is -0.497 e. The number of ether oxygens (including phenoxy) is 1. The van der Waals surface area contributed by atoms with Crippen LogP contribution in [0.2, 0.25) is 0 Å². The number of nitrogens with zero attached hydrogens (tertiary/aromatic N) is 1. The molecular formula is C20H16N2O5S3. The summed E-state index contributed by atoms with van der Waals surface area (Å²) in [5.74, 6) is 0.465. The Morgan fingerprint density at radius 3 is 2.37 bits per heavy atom. The fraction of sp³-hybridized carbons (Fsp3) is 0.0500. The number of fused-ring (bicyclic) bond motifs is 1. The van der Waals surface area contributed by atoms with Crippen LogP contribution in [0.4, 0.5) is 5.69 Å². The van der Waals surface area contributed by atoms with Crippen LogP contribution in [0.25, 0.3) is 10.9 Å². The number of aromatic nitrogens is 1. The van der Waals surface area contributed by atoms with Crippen LogP contribution in [0.5, 0.6) is 5.75 Å². The summed E-state index contributed by atoms with van der Waals surface area (Å²) in [6, 6.07) is 17.2. The molecule has 154 valence electrons. The highest BCUT2D eigenvalue weighted by molar-refractivity contribution is 7.96. The predicted octanol–water partition coefficient (Wildman–Crippen LogP) is 3.94. The van der Waals surface area contributed by atoms with Crippen molar-refractivity contribution in [3.63, 3.8) is 0 Å². The van der Waals surface area contributed by atoms with E-state index in [-0.39, 0.29) is 19.0 Å². The van der Waals surface area contributed by atoms with Crippen LogP contribution in [0.3, 0.4) is 0 Å². The first-order valence-corrected chi connectivity index (χ1v) is 12.4. The molecule has 0 spiro atoms. The van der Waals surface area contributed by atoms with Crippen LogP contribution in [0.1, 0.15) is 0 Å². The molecular weight excluding hydrogens is 444 g/mol. The predicted molar refractivity (Wildman–Crippen MR) is 115 cm³/mol. The molecule has 0 radical (unpaired) electrons. The summed E-state index contributed by atoms with van der Waals surface area (Å²) in [7, 11) is -6.36. The third-order valence-corrected chi connectivity index (χ3v) is 9.50. The van der Waals surface area contributed by atoms with Gasteiger partial charge in [-0.15, -0.1) is 11.3 Å². The number of thiophene rings is 1. The molecule has 0 aliphatic heterocycles. The standard InChI is InChI=1S/C20H16N2O5S3/c1-27-15-12-14-6-5-11-21-20(14)17(13-15)22-30(25,26)19-10-9-18(28-19)29(23,24)16-7-3-2-4-8-16/h2-13,22H,1H3. The van der Waals surface area contributed by atoms with E-state index in [2.05, 4.69) is 9.71 Å². The molecule has 0 unspecified atom stereocenters. The average Bonchev–Trinajstić information content (AvgIpc) is 3.26. The Bertz CT molecular complexity index is 1430. The Hall–Kier alpha value is -2.95. The largest absolute Gasteiger partial charge is 0.497 e. The van der Waals surface area contributed by atoms with Crippen LogP contribution in [0, 0.1) is 0 Å². The van der Waals surface area contributed by atoms with Crippen molar-refractivity contribution in [1.29, 1.82) is 0 Å². The minimum atomic E-state index is -4.04. The third kappa shape index (κ3) is 3.76. The molecule has 0 saturated carbocycles. The van der Waals surface area contributed by atoms with E-state index in [9.17, 15) is 16.8 Å². The summed E-state index contributed by atoms with van der Waals surface area (Å²) in [6.45, 7) is 0. The van der Waals surface area contributed by atoms with Gasteiger partial charge >= 0.3 is 0 Å². The van der Waals surface area contributed by atoms with E-state index < -0.39 is 19.9 Å². The number of anilines is 1. The lowest BCUT2D eigenvalue weighted by Gasteiger charge is -2.11. The van der Waals surface area contributed by atoms with Crippen molar-refractivity contribution >= 4 is 47.8 Å². The molecule has 0 bridgehead atoms. The van der Waals surface area contributed by atoms with Crippen LogP contribution < -0.4 is 9.46 Å². The molecule has 2 aromatic heterocycles. The van der Waals surface area contributed by atoms with E-state index >= 15 is 0 Å². The van der Waals surface area contributed by atoms with Crippen LogP contribution in [0.15, 0.2) is 86.2 Å². The van der Waals surface area contributed by atoms with Gasteiger partial charge in [0, 0.05) is 17.6 Å². The third-order valence-electron chi connectivity index (χ3n) is 4.30. The summed E-state index contributed by atoms with van der Waals surface area (Å²) in [4.78, 5) is 4.35. The molecule has 0 aliphatic rings. The zero-order chi connectivity index (χ0) is 21.4. The normalized spacial score (nSPS) is 12.0. The Morgan fingerprint density at radius 1 is 0.900 bits per heavy atom. The zero-order valence-corrected chi connectivity index (χ0v) is 18.1. The number of pyridine rings is 1. The number of nitrogens with one attached hydrogen (secondary N) is 1. The van der Waals surface area contributed by atoms with Crippen molar-refractivity contribution in [2.45, 2.75) is 13.3 Å². The molecule has 0 atom stereocenters. The number of hydrogen-bond acceptors (Lipinski definition) is 7. The van der Waals surface area contributed by atoms with Gasteiger partial charge in [-0.2, -0.15) is 0 Å². The van der Waals surface area contributed by atoms with Crippen LogP contribution in [-0.2, 0) is 19.9 Å². The summed E-state index contributed by atoms with van der Waals surface area (Å²) in [5.41, 5.74) is 0.696. The van der Waals surface area contributed by atoms with E-state index in [0.29, 0.717) is 28.0 Å². The second-order valence-corrected chi connectivity index (χ2v) is 11.4. The van der Waals surface area contributed by atoms with Crippen molar-refractivity contribution in [2.75, 3.05) is 11.8 Å². The number of hydrogen-bond donors (Lipinski definition) is 1. The maximum Gasteiger partial charge on any atom is 0.271 e. The van der Waals surface area contributed by atoms with Crippen molar-refractivity contribution in [1.82, 2.24) is 4.98 Å². The monoisotopic (exact) mass is 460 g/mol. The molecule has 4 rings (SSSR count). The SMILES string of the molecule is COc1cc(NS(=O)(=O)c2ccc(S(=O)(=O)c3ccccc3)s2)c2ncccc2c1. The van der Waals surface area contributed by atoms with Gasteiger partial charge in [-0.25, -0.2) is 16.8 Å². The summed E-state index contributed by atoms with van der Waals surface area (Å²) < 4.78 is 59.0. The molecule has 0 saturated heterocycles. The first-order valence-electron chi connectivity index (χ1n) is 8.67. The Kier molecular flexibility index (Phi) is 5.22. The zero-order valence-electron chi connectivity index (χ0n) is 15.6. The molecule has 2 aromatic carbocycles. The van der Waals surface area contributed by atoms with E-state index in [1.165, 1.54) is 37.4 Å². The Balaban J connectivity index is 1.72. The van der Waals surface area contributed by atoms with Gasteiger partial charge in [0.05, 0.1) is 23.2 Å². The van der Waals surface area contributed by atoms with Crippen molar-refractivity contribution < 1.29 is 21.6 Å². The molecule has 4 aromatic rings. The van der Waals surface area contributed by atoms with E-state index in [1.54, 1.807) is 42.6 Å². The van der Waals surface area contributed by atoms with Crippen molar-refractivity contribution in [3.05, 3.63) is 72.9 Å². The van der Waals surface area contributed by atoms with Gasteiger partial charge < -0.3 is 4.74 Å². The number of sulfone groups is 1. The fourth-order valence-corrected chi connectivity index (χ4v) is 7.11. The first kappa shape index (κ1) is 20.3. The topological polar surface area (TPSA) is 102 Å². The molecule has 30 heavy (non-hydrogen) atoms. The average molecular weight is 461 g/mol. The molecule has 2 heterocycles. The maximum atomic E-state index is 13.0. The van der Waals surface area contributed by atoms with Crippen LogP contribution >= 0.6 is 11.3 Å². The highest BCUT2D eigenvalue weighted by Gasteiger charge is 2.25. The molecule has 7 nitrogen and oxygen atoms in total. The quantitative estimate of drug-likeness (QED) is 0.468. The molecule has 0 amide bonds. The lowest BCUT2D eigenvalue weighted by Crippen LogP contribution is -2.12. The summed E-state index contributed by atoms with van der Waals surface area (Å²) in [6.07, 6.45) is 1.56. The fourth-order valence-electron chi connectivity index (χ4n) is 2.86. The number of sulfonamides is 1. The second kappa shape index (κ2) is 7.71. The first-order chi connectivity index (χ1) is 14.3. The van der Waals surface area contributed by atoms with E-state index in [0.717, 1.165) is 0 Å². The highest BCUT2D eigenvalue weighted by atomic mass is 32.3. The molecule has 10 heteroatoms. The maximum absolute atomic E-state index is 13.0. The molecule has 0 fully saturated rings. The highest BCUT2D eigenvalue weighted by Crippen LogP contribution is 2.33. The molecule has 1 N–H and O–H groups in total. The Morgan fingerprint density at radius 2 is 1.63 bits per heavy atom. The lowest BCUT2D eigenvalue weighted by molar-refractivity contribution is 0.415. The summed E-state index contributed by atoms with van der Waals surface area (Å²) in [5, 5.41) is 0.702. The lowest BCUT2D eigenvalue weighted by atomic mass is 10.2. The Labute approximate surface area is 178 Å². The second-order valence-electron chi connectivity index (χ2n) is 6.25. The minimum absolute atomic E-state index is 0.0531. The van der Waals surface area contributed by atoms with Gasteiger partial charge in [0.2, 0.25) is 9.84 Å². The number of rotatable bonds is 6. The van der Waals surface area contributed by atoms with E-state index in [1.807, 2.05) is 0 Å². The number of benzene rings is 2. The van der Waals surface area contributed by atoms with Gasteiger partial charge in [-0.3, -0.25) is 9.71 Å². The van der Waals surface area contributed by atoms with Gasteiger partial charge in [-0.05, 0) is 36.4 Å². The van der Waals surface area contributed by atoms with Gasteiger partial charge in [0.15, 0.2) is 0 Å². The smallest absolute Gasteiger partial charge is 0.271 e. The van der Waals surface area contributed by atoms with Gasteiger partial charge in [0.25, 0.3) is 10.0 Å². The van der Waals surface area contributed by atoms with Gasteiger partial charge in [0.1, 0.15) is 14.2 Å². The number of methoxy groups -OCH3 is 1. The molecule has 0 aliphatic carbocycles. The van der Waals surface area contributed by atoms with Gasteiger partial charge in [-0.1, -0.05) is 24.3 Å².